The van der Waals surface area contributed by atoms with E-state index in [1.165, 1.54) is 12.1 Å². The molecule has 0 bridgehead atoms. The summed E-state index contributed by atoms with van der Waals surface area (Å²) in [4.78, 5) is 15.9. The standard InChI is InChI=1S/C14H21FN4OS.HI/c1-3-16-14(17-7-8-21-2)18-10-13(20)19-12-6-4-5-11(15)9-12;/h4-6,9H,3,7-8,10H2,1-2H3,(H,19,20)(H2,16,17,18);1H. The zero-order valence-electron chi connectivity index (χ0n) is 12.7. The number of aliphatic imine (C=N–C) groups is 1. The molecule has 0 aliphatic heterocycles. The predicted octanol–water partition coefficient (Wildman–Crippen LogP) is 2.30. The van der Waals surface area contributed by atoms with Crippen molar-refractivity contribution in [3.05, 3.63) is 30.1 Å². The van der Waals surface area contributed by atoms with E-state index in [2.05, 4.69) is 20.9 Å². The summed E-state index contributed by atoms with van der Waals surface area (Å²) in [5.74, 6) is 0.881. The van der Waals surface area contributed by atoms with Crippen LogP contribution < -0.4 is 16.0 Å². The summed E-state index contributed by atoms with van der Waals surface area (Å²) in [6, 6.07) is 5.77. The molecule has 3 N–H and O–H groups in total. The van der Waals surface area contributed by atoms with Crippen molar-refractivity contribution < 1.29 is 9.18 Å². The first-order valence-electron chi connectivity index (χ1n) is 6.72. The molecule has 0 fully saturated rings. The lowest BCUT2D eigenvalue weighted by atomic mass is 10.3. The number of anilines is 1. The van der Waals surface area contributed by atoms with Crippen LogP contribution in [0.5, 0.6) is 0 Å². The van der Waals surface area contributed by atoms with Crippen molar-refractivity contribution in [3.8, 4) is 0 Å². The van der Waals surface area contributed by atoms with Gasteiger partial charge < -0.3 is 16.0 Å². The fourth-order valence-corrected chi connectivity index (χ4v) is 1.84. The van der Waals surface area contributed by atoms with Crippen LogP contribution in [-0.2, 0) is 4.79 Å². The molecule has 0 aromatic heterocycles. The molecule has 1 amide bonds. The first-order valence-corrected chi connectivity index (χ1v) is 8.11. The van der Waals surface area contributed by atoms with E-state index in [9.17, 15) is 9.18 Å². The van der Waals surface area contributed by atoms with Gasteiger partial charge in [0, 0.05) is 24.5 Å². The highest BCUT2D eigenvalue weighted by Crippen LogP contribution is 2.08. The van der Waals surface area contributed by atoms with Crippen molar-refractivity contribution in [1.82, 2.24) is 10.6 Å². The molecule has 124 valence electrons. The lowest BCUT2D eigenvalue weighted by molar-refractivity contribution is -0.114. The summed E-state index contributed by atoms with van der Waals surface area (Å²) in [5.41, 5.74) is 0.426. The highest BCUT2D eigenvalue weighted by Gasteiger charge is 2.03. The van der Waals surface area contributed by atoms with Gasteiger partial charge in [-0.2, -0.15) is 11.8 Å². The highest BCUT2D eigenvalue weighted by molar-refractivity contribution is 14.0. The number of rotatable bonds is 7. The van der Waals surface area contributed by atoms with Gasteiger partial charge in [-0.05, 0) is 31.4 Å². The van der Waals surface area contributed by atoms with Crippen LogP contribution >= 0.6 is 35.7 Å². The molecule has 8 heteroatoms. The fourth-order valence-electron chi connectivity index (χ4n) is 1.53. The normalized spacial score (nSPS) is 10.6. The highest BCUT2D eigenvalue weighted by atomic mass is 127. The minimum Gasteiger partial charge on any atom is -0.357 e. The van der Waals surface area contributed by atoms with Crippen molar-refractivity contribution in [2.45, 2.75) is 6.92 Å². The van der Waals surface area contributed by atoms with Gasteiger partial charge in [-0.25, -0.2) is 9.38 Å². The van der Waals surface area contributed by atoms with Gasteiger partial charge in [0.05, 0.1) is 0 Å². The number of thioether (sulfide) groups is 1. The van der Waals surface area contributed by atoms with Crippen LogP contribution in [-0.4, -0.2) is 43.5 Å². The molecule has 22 heavy (non-hydrogen) atoms. The molecule has 5 nitrogen and oxygen atoms in total. The second-order valence-electron chi connectivity index (χ2n) is 4.17. The first kappa shape index (κ1) is 21.0. The van der Waals surface area contributed by atoms with Crippen LogP contribution in [0.15, 0.2) is 29.3 Å². The molecular weight excluding hydrogens is 418 g/mol. The Morgan fingerprint density at radius 2 is 2.14 bits per heavy atom. The Morgan fingerprint density at radius 1 is 1.36 bits per heavy atom. The molecule has 1 rings (SSSR count). The number of halogens is 2. The SMILES string of the molecule is CCNC(=NCC(=O)Nc1cccc(F)c1)NCCSC.I. The zero-order chi connectivity index (χ0) is 15.5. The monoisotopic (exact) mass is 440 g/mol. The molecule has 0 radical (unpaired) electrons. The third-order valence-corrected chi connectivity index (χ3v) is 3.04. The molecule has 0 aliphatic carbocycles. The van der Waals surface area contributed by atoms with Gasteiger partial charge in [-0.1, -0.05) is 6.07 Å². The smallest absolute Gasteiger partial charge is 0.246 e. The van der Waals surface area contributed by atoms with Gasteiger partial charge in [0.25, 0.3) is 0 Å². The number of guanidine groups is 1. The van der Waals surface area contributed by atoms with Gasteiger partial charge in [0.1, 0.15) is 12.4 Å². The Bertz CT molecular complexity index is 488. The predicted molar refractivity (Wildman–Crippen MR) is 103 cm³/mol. The van der Waals surface area contributed by atoms with Crippen molar-refractivity contribution in [1.29, 1.82) is 0 Å². The van der Waals surface area contributed by atoms with Crippen LogP contribution in [0.4, 0.5) is 10.1 Å². The Balaban J connectivity index is 0.00000441. The number of hydrogen-bond acceptors (Lipinski definition) is 3. The van der Waals surface area contributed by atoms with Crippen molar-refractivity contribution in [2.24, 2.45) is 4.99 Å². The van der Waals surface area contributed by atoms with Gasteiger partial charge in [0.2, 0.25) is 5.91 Å². The maximum Gasteiger partial charge on any atom is 0.246 e. The third-order valence-electron chi connectivity index (χ3n) is 2.43. The van der Waals surface area contributed by atoms with Gasteiger partial charge >= 0.3 is 0 Å². The second kappa shape index (κ2) is 12.5. The Labute approximate surface area is 151 Å². The molecule has 0 heterocycles. The van der Waals surface area contributed by atoms with E-state index in [1.807, 2.05) is 13.2 Å². The van der Waals surface area contributed by atoms with E-state index < -0.39 is 0 Å². The Hall–Kier alpha value is -1.03. The number of amides is 1. The maximum atomic E-state index is 13.0. The van der Waals surface area contributed by atoms with E-state index in [1.54, 1.807) is 23.9 Å². The average molecular weight is 440 g/mol. The molecule has 0 spiro atoms. The van der Waals surface area contributed by atoms with Gasteiger partial charge in [0.15, 0.2) is 5.96 Å². The lowest BCUT2D eigenvalue weighted by Gasteiger charge is -2.10. The van der Waals surface area contributed by atoms with Crippen LogP contribution in [0.1, 0.15) is 6.92 Å². The number of hydrogen-bond donors (Lipinski definition) is 3. The van der Waals surface area contributed by atoms with E-state index in [4.69, 9.17) is 0 Å². The molecule has 1 aromatic carbocycles. The summed E-state index contributed by atoms with van der Waals surface area (Å²) in [5, 5.41) is 8.79. The molecular formula is C14H22FIN4OS. The third kappa shape index (κ3) is 9.08. The van der Waals surface area contributed by atoms with Crippen LogP contribution in [0.25, 0.3) is 0 Å². The zero-order valence-corrected chi connectivity index (χ0v) is 15.8. The second-order valence-corrected chi connectivity index (χ2v) is 5.16. The van der Waals surface area contributed by atoms with Crippen molar-refractivity contribution in [3.63, 3.8) is 0 Å². The molecule has 0 unspecified atom stereocenters. The summed E-state index contributed by atoms with van der Waals surface area (Å²) < 4.78 is 13.0. The topological polar surface area (TPSA) is 65.5 Å². The number of benzene rings is 1. The summed E-state index contributed by atoms with van der Waals surface area (Å²) in [7, 11) is 0. The van der Waals surface area contributed by atoms with Crippen LogP contribution in [0.3, 0.4) is 0 Å². The first-order chi connectivity index (χ1) is 10.2. The molecule has 0 saturated heterocycles. The molecule has 0 aliphatic rings. The quantitative estimate of drug-likeness (QED) is 0.264. The van der Waals surface area contributed by atoms with Crippen LogP contribution in [0, 0.1) is 5.82 Å². The molecule has 0 atom stereocenters. The number of carbonyl (C=O) groups is 1. The Kier molecular flexibility index (Phi) is 11.9. The minimum atomic E-state index is -0.386. The van der Waals surface area contributed by atoms with Crippen LogP contribution in [0.2, 0.25) is 0 Å². The average Bonchev–Trinajstić information content (AvgIpc) is 2.45. The summed E-state index contributed by atoms with van der Waals surface area (Å²) in [6.07, 6.45) is 2.03. The van der Waals surface area contributed by atoms with E-state index in [0.717, 1.165) is 18.8 Å². The number of carbonyl (C=O) groups excluding carboxylic acids is 1. The summed E-state index contributed by atoms with van der Waals surface area (Å²) in [6.45, 7) is 3.43. The maximum absolute atomic E-state index is 13.0. The summed E-state index contributed by atoms with van der Waals surface area (Å²) >= 11 is 1.73. The molecule has 1 aromatic rings. The fraction of sp³-hybridized carbons (Fsp3) is 0.429. The number of nitrogens with one attached hydrogen (secondary N) is 3. The van der Waals surface area contributed by atoms with Gasteiger partial charge in [-0.3, -0.25) is 4.79 Å². The number of nitrogens with zero attached hydrogens (tertiary/aromatic N) is 1. The lowest BCUT2D eigenvalue weighted by Crippen LogP contribution is -2.39. The van der Waals surface area contributed by atoms with E-state index in [0.29, 0.717) is 11.6 Å². The van der Waals surface area contributed by atoms with Gasteiger partial charge in [-0.15, -0.1) is 24.0 Å². The minimum absolute atomic E-state index is 0. The van der Waals surface area contributed by atoms with E-state index >= 15 is 0 Å². The Morgan fingerprint density at radius 3 is 2.77 bits per heavy atom. The van der Waals surface area contributed by atoms with Crippen molar-refractivity contribution in [2.75, 3.05) is 37.0 Å². The van der Waals surface area contributed by atoms with Crippen molar-refractivity contribution >= 4 is 53.3 Å². The molecule has 0 saturated carbocycles. The largest absolute Gasteiger partial charge is 0.357 e. The van der Waals surface area contributed by atoms with E-state index in [-0.39, 0.29) is 42.2 Å².